The van der Waals surface area contributed by atoms with Crippen LogP contribution in [0.15, 0.2) is 42.6 Å². The first-order chi connectivity index (χ1) is 24.2. The molecule has 5 heterocycles. The average Bonchev–Trinajstić information content (AvgIpc) is 3.92. The Bertz CT molecular complexity index is 1810. The molecule has 0 radical (unpaired) electrons. The molecule has 7 rings (SSSR count). The van der Waals surface area contributed by atoms with Crippen molar-refractivity contribution in [1.82, 2.24) is 25.1 Å². The summed E-state index contributed by atoms with van der Waals surface area (Å²) in [5.74, 6) is 1.29. The van der Waals surface area contributed by atoms with E-state index < -0.39 is 48.7 Å². The Hall–Kier alpha value is -4.76. The van der Waals surface area contributed by atoms with E-state index in [-0.39, 0.29) is 25.2 Å². The number of aromatic amines is 1. The molecule has 51 heavy (non-hydrogen) atoms. The minimum Gasteiger partial charge on any atom is -0.454 e. The van der Waals surface area contributed by atoms with E-state index in [0.717, 1.165) is 27.8 Å². The predicted octanol–water partition coefficient (Wildman–Crippen LogP) is 4.28. The molecule has 15 heteroatoms. The maximum atomic E-state index is 14.1. The third-order valence-corrected chi connectivity index (χ3v) is 10.6. The molecule has 0 aliphatic carbocycles. The second-order valence-electron chi connectivity index (χ2n) is 14.8. The van der Waals surface area contributed by atoms with Gasteiger partial charge in [0, 0.05) is 18.5 Å². The maximum Gasteiger partial charge on any atom is 0.494 e. The normalized spacial score (nSPS) is 21.9. The van der Waals surface area contributed by atoms with Crippen LogP contribution in [0.3, 0.4) is 0 Å². The number of carbonyl (C=O) groups is 3. The minimum atomic E-state index is -0.872. The van der Waals surface area contributed by atoms with E-state index in [1.807, 2.05) is 77.9 Å². The number of fused-ring (bicyclic) bond motifs is 3. The number of hydrogen-bond donors (Lipinski definition) is 2. The van der Waals surface area contributed by atoms with Gasteiger partial charge in [-0.05, 0) is 56.3 Å². The van der Waals surface area contributed by atoms with Crippen molar-refractivity contribution in [1.29, 1.82) is 0 Å². The van der Waals surface area contributed by atoms with Crippen LogP contribution in [0.25, 0.3) is 11.3 Å². The van der Waals surface area contributed by atoms with Crippen LogP contribution >= 0.6 is 0 Å². The molecule has 4 aliphatic heterocycles. The van der Waals surface area contributed by atoms with Crippen LogP contribution in [-0.4, -0.2) is 88.8 Å². The van der Waals surface area contributed by atoms with Gasteiger partial charge in [0.15, 0.2) is 11.5 Å². The van der Waals surface area contributed by atoms with Crippen molar-refractivity contribution in [3.05, 3.63) is 59.5 Å². The lowest BCUT2D eigenvalue weighted by Crippen LogP contribution is -2.51. The molecule has 2 aromatic carbocycles. The summed E-state index contributed by atoms with van der Waals surface area (Å²) in [5.41, 5.74) is 3.52. The molecule has 270 valence electrons. The third-order valence-electron chi connectivity index (χ3n) is 10.6. The molecule has 2 N–H and O–H groups in total. The zero-order chi connectivity index (χ0) is 36.2. The molecule has 3 aromatic rings. The quantitative estimate of drug-likeness (QED) is 0.342. The lowest BCUT2D eigenvalue weighted by Gasteiger charge is -2.32. The number of rotatable bonds is 7. The molecule has 1 unspecified atom stereocenters. The van der Waals surface area contributed by atoms with E-state index in [0.29, 0.717) is 36.8 Å². The lowest BCUT2D eigenvalue weighted by atomic mass is 9.79. The number of hydrogen-bond acceptors (Lipinski definition) is 10. The molecular weight excluding hydrogens is 657 g/mol. The van der Waals surface area contributed by atoms with Crippen molar-refractivity contribution in [2.75, 3.05) is 20.4 Å². The highest BCUT2D eigenvalue weighted by Crippen LogP contribution is 2.42. The summed E-state index contributed by atoms with van der Waals surface area (Å²) in [7, 11) is 0.770. The predicted molar refractivity (Wildman–Crippen MR) is 185 cm³/mol. The van der Waals surface area contributed by atoms with Gasteiger partial charge in [-0.3, -0.25) is 9.69 Å². The van der Waals surface area contributed by atoms with Crippen LogP contribution < -0.4 is 20.3 Å². The highest BCUT2D eigenvalue weighted by atomic mass is 16.7. The Kier molecular flexibility index (Phi) is 8.90. The fourth-order valence-corrected chi connectivity index (χ4v) is 6.91. The number of imidazole rings is 1. The second kappa shape index (κ2) is 13.1. The summed E-state index contributed by atoms with van der Waals surface area (Å²) in [6.07, 6.45) is 0.201. The molecule has 0 spiro atoms. The average molecular weight is 702 g/mol. The maximum absolute atomic E-state index is 14.1. The number of aromatic nitrogens is 2. The van der Waals surface area contributed by atoms with Crippen molar-refractivity contribution < 1.29 is 42.6 Å². The van der Waals surface area contributed by atoms with Crippen LogP contribution in [-0.2, 0) is 36.7 Å². The van der Waals surface area contributed by atoms with Gasteiger partial charge >= 0.3 is 19.3 Å². The highest BCUT2D eigenvalue weighted by Gasteiger charge is 2.51. The number of likely N-dealkylation sites (tertiary alicyclic amines) is 1. The van der Waals surface area contributed by atoms with Crippen molar-refractivity contribution in [3.8, 4) is 22.8 Å². The molecule has 3 amide bonds. The van der Waals surface area contributed by atoms with Gasteiger partial charge in [0.1, 0.15) is 18.0 Å². The molecule has 2 saturated heterocycles. The number of carbonyl (C=O) groups excluding carboxylic acids is 3. The van der Waals surface area contributed by atoms with Gasteiger partial charge in [0.25, 0.3) is 0 Å². The highest BCUT2D eigenvalue weighted by molar-refractivity contribution is 6.62. The summed E-state index contributed by atoms with van der Waals surface area (Å²) in [4.78, 5) is 51.2. The second-order valence-corrected chi connectivity index (χ2v) is 14.8. The largest absolute Gasteiger partial charge is 0.494 e. The number of H-pyrrole nitrogens is 1. The Morgan fingerprint density at radius 3 is 2.43 bits per heavy atom. The first-order valence-electron chi connectivity index (χ1n) is 17.3. The van der Waals surface area contributed by atoms with Gasteiger partial charge in [-0.2, -0.15) is 0 Å². The van der Waals surface area contributed by atoms with E-state index >= 15 is 0 Å². The summed E-state index contributed by atoms with van der Waals surface area (Å²) in [6, 6.07) is 10.2. The molecule has 14 nitrogen and oxygen atoms in total. The van der Waals surface area contributed by atoms with Crippen molar-refractivity contribution in [2.24, 2.45) is 5.92 Å². The Labute approximate surface area is 297 Å². The van der Waals surface area contributed by atoms with E-state index in [4.69, 9.17) is 33.2 Å². The first kappa shape index (κ1) is 34.7. The fraction of sp³-hybridized carbons (Fsp3) is 0.500. The number of ether oxygens (including phenoxy) is 4. The van der Waals surface area contributed by atoms with Crippen LogP contribution in [0, 0.1) is 5.92 Å². The van der Waals surface area contributed by atoms with Crippen LogP contribution in [0.1, 0.15) is 71.0 Å². The number of alkyl carbamates (subject to hydrolysis) is 1. The summed E-state index contributed by atoms with van der Waals surface area (Å²) in [6.45, 7) is 12.7. The minimum absolute atomic E-state index is 0.118. The number of amides is 3. The SMILES string of the molecule is COC(=O)NC(C(=O)N1C[C@@H](OC(=O)N2Cc3ccc4c(c3C2)OCO4)C[C@@H]1c1ncc(-c2ccc(B3OC(C)(C)C(C)(C)O3)cc2)[nH]1)C(C)C. The molecule has 0 bridgehead atoms. The lowest BCUT2D eigenvalue weighted by molar-refractivity contribution is -0.135. The van der Waals surface area contributed by atoms with Crippen molar-refractivity contribution in [2.45, 2.75) is 90.4 Å². The molecule has 3 atom stereocenters. The Morgan fingerprint density at radius 2 is 1.75 bits per heavy atom. The molecule has 4 aliphatic rings. The number of nitrogens with one attached hydrogen (secondary N) is 2. The van der Waals surface area contributed by atoms with E-state index in [1.54, 1.807) is 16.0 Å². The molecule has 0 saturated carbocycles. The van der Waals surface area contributed by atoms with Gasteiger partial charge in [-0.1, -0.05) is 44.2 Å². The summed E-state index contributed by atoms with van der Waals surface area (Å²) >= 11 is 0. The number of methoxy groups -OCH3 is 1. The molecular formula is C36H44BN5O9. The van der Waals surface area contributed by atoms with Gasteiger partial charge in [-0.25, -0.2) is 14.6 Å². The molecule has 2 fully saturated rings. The Balaban J connectivity index is 1.09. The summed E-state index contributed by atoms with van der Waals surface area (Å²) in [5, 5.41) is 2.67. The summed E-state index contributed by atoms with van der Waals surface area (Å²) < 4.78 is 34.4. The Morgan fingerprint density at radius 1 is 1.02 bits per heavy atom. The standard InChI is InChI=1S/C36H44BN5O9/c1-20(2)29(40-33(44)46-7)32(43)42-17-24(49-34(45)41-16-22-10-13-28-30(25(22)18-41)48-19-47-28)14-27(42)31-38-15-26(39-31)21-8-11-23(12-9-21)37-50-35(3,4)36(5,6)51-37/h8-13,15,20,24,27,29H,14,16-19H2,1-7H3,(H,38,39)(H,40,44)/t24-,27+,29?/m0/s1. The topological polar surface area (TPSA) is 154 Å². The number of nitrogens with zero attached hydrogens (tertiary/aromatic N) is 3. The zero-order valence-corrected chi connectivity index (χ0v) is 30.0. The van der Waals surface area contributed by atoms with Crippen molar-refractivity contribution in [3.63, 3.8) is 0 Å². The fourth-order valence-electron chi connectivity index (χ4n) is 6.91. The van der Waals surface area contributed by atoms with E-state index in [2.05, 4.69) is 10.3 Å². The monoisotopic (exact) mass is 701 g/mol. The zero-order valence-electron chi connectivity index (χ0n) is 30.0. The van der Waals surface area contributed by atoms with Gasteiger partial charge < -0.3 is 43.5 Å². The van der Waals surface area contributed by atoms with Gasteiger partial charge in [0.2, 0.25) is 12.7 Å². The van der Waals surface area contributed by atoms with Crippen LogP contribution in [0.4, 0.5) is 9.59 Å². The van der Waals surface area contributed by atoms with Crippen LogP contribution in [0.2, 0.25) is 0 Å². The van der Waals surface area contributed by atoms with Crippen molar-refractivity contribution >= 4 is 30.7 Å². The third kappa shape index (κ3) is 6.48. The first-order valence-corrected chi connectivity index (χ1v) is 17.3. The van der Waals surface area contributed by atoms with Gasteiger partial charge in [0.05, 0.1) is 49.3 Å². The van der Waals surface area contributed by atoms with E-state index in [9.17, 15) is 14.4 Å². The van der Waals surface area contributed by atoms with Crippen LogP contribution in [0.5, 0.6) is 11.5 Å². The van der Waals surface area contributed by atoms with E-state index in [1.165, 1.54) is 7.11 Å². The molecule has 1 aromatic heterocycles. The van der Waals surface area contributed by atoms with Gasteiger partial charge in [-0.15, -0.1) is 0 Å². The number of benzene rings is 2. The smallest absolute Gasteiger partial charge is 0.454 e.